The van der Waals surface area contributed by atoms with Gasteiger partial charge in [-0.05, 0) is 74.2 Å². The molecule has 53 heavy (non-hydrogen) atoms. The first-order valence-electron chi connectivity index (χ1n) is 18.1. The predicted molar refractivity (Wildman–Crippen MR) is 203 cm³/mol. The number of allylic oxidation sites excluding steroid dienone is 2. The second kappa shape index (κ2) is 19.2. The van der Waals surface area contributed by atoms with Gasteiger partial charge >= 0.3 is 5.97 Å². The lowest BCUT2D eigenvalue weighted by Crippen LogP contribution is -2.45. The summed E-state index contributed by atoms with van der Waals surface area (Å²) in [6.07, 6.45) is 11.4. The zero-order chi connectivity index (χ0) is 37.8. The molecule has 2 aliphatic rings. The van der Waals surface area contributed by atoms with E-state index in [-0.39, 0.29) is 32.3 Å². The van der Waals surface area contributed by atoms with Crippen LogP contribution < -0.4 is 14.8 Å². The van der Waals surface area contributed by atoms with Gasteiger partial charge in [-0.2, -0.15) is 5.26 Å². The summed E-state index contributed by atoms with van der Waals surface area (Å²) in [7, 11) is 0. The van der Waals surface area contributed by atoms with E-state index in [0.29, 0.717) is 66.7 Å². The number of halogens is 1. The minimum absolute atomic E-state index is 0.112. The Morgan fingerprint density at radius 3 is 2.79 bits per heavy atom. The second-order valence-electron chi connectivity index (χ2n) is 13.7. The Bertz CT molecular complexity index is 1810. The molecule has 0 saturated carbocycles. The maximum atomic E-state index is 12.1. The first-order valence-corrected chi connectivity index (χ1v) is 18.5. The van der Waals surface area contributed by atoms with Crippen LogP contribution in [0.3, 0.4) is 0 Å². The van der Waals surface area contributed by atoms with Crippen LogP contribution in [-0.4, -0.2) is 88.4 Å². The van der Waals surface area contributed by atoms with Crippen LogP contribution in [0.5, 0.6) is 11.5 Å². The highest BCUT2D eigenvalue weighted by atomic mass is 35.5. The van der Waals surface area contributed by atoms with Crippen molar-refractivity contribution in [1.29, 1.82) is 5.26 Å². The van der Waals surface area contributed by atoms with E-state index >= 15 is 0 Å². The van der Waals surface area contributed by atoms with E-state index in [1.807, 2.05) is 29.2 Å². The minimum atomic E-state index is -0.869. The molecule has 2 aromatic carbocycles. The third-order valence-electron chi connectivity index (χ3n) is 9.93. The van der Waals surface area contributed by atoms with E-state index in [4.69, 9.17) is 30.9 Å². The summed E-state index contributed by atoms with van der Waals surface area (Å²) in [4.78, 5) is 18.2. The van der Waals surface area contributed by atoms with Crippen LogP contribution in [0.15, 0.2) is 73.1 Å². The van der Waals surface area contributed by atoms with Crippen molar-refractivity contribution in [3.8, 4) is 17.6 Å². The summed E-state index contributed by atoms with van der Waals surface area (Å²) < 4.78 is 19.6. The number of benzene rings is 2. The number of nitrogens with one attached hydrogen (secondary N) is 1. The number of likely N-dealkylation sites (tertiary alicyclic amines) is 1. The number of nitriles is 1. The molecule has 1 fully saturated rings. The normalized spacial score (nSPS) is 20.7. The molecule has 0 bridgehead atoms. The number of aliphatic carboxylic acids is 1. The Morgan fingerprint density at radius 2 is 2.02 bits per heavy atom. The minimum Gasteiger partial charge on any atom is -0.489 e. The molecule has 2 heterocycles. The van der Waals surface area contributed by atoms with E-state index < -0.39 is 23.7 Å². The predicted octanol–water partition coefficient (Wildman–Crippen LogP) is 5.69. The molecule has 12 heteroatoms. The van der Waals surface area contributed by atoms with Crippen molar-refractivity contribution >= 4 is 23.1 Å². The van der Waals surface area contributed by atoms with Crippen LogP contribution in [-0.2, 0) is 22.7 Å². The van der Waals surface area contributed by atoms with Gasteiger partial charge in [0.25, 0.3) is 0 Å². The van der Waals surface area contributed by atoms with E-state index in [1.165, 1.54) is 6.20 Å². The van der Waals surface area contributed by atoms with Crippen molar-refractivity contribution < 1.29 is 34.3 Å². The summed E-state index contributed by atoms with van der Waals surface area (Å²) in [5, 5.41) is 41.6. The summed E-state index contributed by atoms with van der Waals surface area (Å²) >= 11 is 6.94. The average molecular weight is 745 g/mol. The fourth-order valence-electron chi connectivity index (χ4n) is 6.87. The number of piperidine rings is 1. The molecule has 5 rings (SSSR count). The van der Waals surface area contributed by atoms with Gasteiger partial charge in [-0.3, -0.25) is 14.7 Å². The van der Waals surface area contributed by atoms with Crippen LogP contribution in [0.25, 0.3) is 5.57 Å². The maximum Gasteiger partial charge on any atom is 0.320 e. The molecule has 4 N–H and O–H groups in total. The molecular formula is C41H49ClN4O7. The zero-order valence-corrected chi connectivity index (χ0v) is 31.1. The lowest BCUT2D eigenvalue weighted by Gasteiger charge is -2.40. The van der Waals surface area contributed by atoms with Gasteiger partial charge in [-0.25, -0.2) is 0 Å². The number of aromatic nitrogens is 1. The van der Waals surface area contributed by atoms with Crippen LogP contribution in [0.2, 0.25) is 5.02 Å². The largest absolute Gasteiger partial charge is 0.489 e. The maximum absolute atomic E-state index is 12.1. The standard InChI is InChI=1S/C41H49ClN4O7/c1-28-9-3-4-10-34(28)35-11-7-13-41(29(35)2,53-16-8-14-44-23-33(48)25-47)27-52-39-19-38(51-26-31-17-30(20-43)21-45-22-31)32(18-36(39)42)24-46-15-6-5-12-37(46)40(49)50/h3-4,7,9-11,13,17-19,21-22,29,33,37,44,47-48H,5-6,8,12,14-16,23-27H2,1-2H3,(H,49,50)/t29?,33?,37-,41?/m0/s1. The van der Waals surface area contributed by atoms with Crippen LogP contribution in [0.4, 0.5) is 0 Å². The Labute approximate surface area is 316 Å². The SMILES string of the molecule is Cc1ccccc1C1=CC=CC(COc2cc(OCc3cncc(C#N)c3)c(CN3CCCC[C@H]3C(=O)O)cc2Cl)(OCCCNCC(O)CO)C1C. The first kappa shape index (κ1) is 39.9. The van der Waals surface area contributed by atoms with Gasteiger partial charge in [-0.1, -0.05) is 61.4 Å². The van der Waals surface area contributed by atoms with Crippen molar-refractivity contribution in [2.45, 2.75) is 70.4 Å². The van der Waals surface area contributed by atoms with Crippen LogP contribution in [0, 0.1) is 24.2 Å². The molecule has 11 nitrogen and oxygen atoms in total. The molecule has 282 valence electrons. The smallest absolute Gasteiger partial charge is 0.320 e. The molecule has 1 aliphatic carbocycles. The third-order valence-corrected chi connectivity index (χ3v) is 10.2. The van der Waals surface area contributed by atoms with E-state index in [9.17, 15) is 20.3 Å². The fraction of sp³-hybridized carbons (Fsp3) is 0.439. The summed E-state index contributed by atoms with van der Waals surface area (Å²) in [5.74, 6) is -0.0907. The van der Waals surface area contributed by atoms with E-state index in [0.717, 1.165) is 35.1 Å². The monoisotopic (exact) mass is 744 g/mol. The Morgan fingerprint density at radius 1 is 1.19 bits per heavy atom. The number of hydrogen-bond donors (Lipinski definition) is 4. The average Bonchev–Trinajstić information content (AvgIpc) is 3.16. The lowest BCUT2D eigenvalue weighted by atomic mass is 9.76. The number of carbonyl (C=O) groups is 1. The third kappa shape index (κ3) is 10.4. The van der Waals surface area contributed by atoms with Crippen molar-refractivity contribution in [2.24, 2.45) is 5.92 Å². The lowest BCUT2D eigenvalue weighted by molar-refractivity contribution is -0.144. The van der Waals surface area contributed by atoms with Gasteiger partial charge in [0.15, 0.2) is 0 Å². The number of aliphatic hydroxyl groups excluding tert-OH is 2. The number of hydrogen-bond acceptors (Lipinski definition) is 10. The molecule has 4 atom stereocenters. The van der Waals surface area contributed by atoms with Crippen LogP contribution in [0.1, 0.15) is 60.4 Å². The summed E-state index contributed by atoms with van der Waals surface area (Å²) in [6, 6.07) is 15.0. The molecule has 0 amide bonds. The topological polar surface area (TPSA) is 157 Å². The molecule has 1 aromatic heterocycles. The molecule has 3 unspecified atom stereocenters. The molecule has 0 radical (unpaired) electrons. The van der Waals surface area contributed by atoms with Gasteiger partial charge in [0.1, 0.15) is 42.4 Å². The quantitative estimate of drug-likeness (QED) is 0.119. The molecule has 0 spiro atoms. The number of rotatable bonds is 18. The molecule has 3 aromatic rings. The molecule has 1 saturated heterocycles. The Hall–Kier alpha value is -4.28. The van der Waals surface area contributed by atoms with E-state index in [1.54, 1.807) is 24.4 Å². The van der Waals surface area contributed by atoms with Crippen molar-refractivity contribution in [1.82, 2.24) is 15.2 Å². The number of nitrogens with zero attached hydrogens (tertiary/aromatic N) is 3. The number of aliphatic hydroxyl groups is 2. The highest BCUT2D eigenvalue weighted by Gasteiger charge is 2.40. The summed E-state index contributed by atoms with van der Waals surface area (Å²) in [5.41, 5.74) is 4.37. The number of carboxylic acid groups (broad SMARTS) is 1. The van der Waals surface area contributed by atoms with Gasteiger partial charge in [0.2, 0.25) is 0 Å². The number of carboxylic acids is 1. The second-order valence-corrected chi connectivity index (χ2v) is 14.1. The first-order chi connectivity index (χ1) is 25.6. The Balaban J connectivity index is 1.41. The van der Waals surface area contributed by atoms with Crippen molar-refractivity contribution in [3.05, 3.63) is 106 Å². The van der Waals surface area contributed by atoms with Gasteiger partial charge < -0.3 is 34.8 Å². The molecule has 1 aliphatic heterocycles. The number of ether oxygens (including phenoxy) is 3. The highest BCUT2D eigenvalue weighted by molar-refractivity contribution is 6.32. The zero-order valence-electron chi connectivity index (χ0n) is 30.3. The van der Waals surface area contributed by atoms with Gasteiger partial charge in [0, 0.05) is 55.2 Å². The fourth-order valence-corrected chi connectivity index (χ4v) is 7.11. The van der Waals surface area contributed by atoms with Crippen LogP contribution >= 0.6 is 11.6 Å². The van der Waals surface area contributed by atoms with Gasteiger partial charge in [0.05, 0.1) is 23.3 Å². The number of pyridine rings is 1. The summed E-state index contributed by atoms with van der Waals surface area (Å²) in [6.45, 7) is 6.41. The highest BCUT2D eigenvalue weighted by Crippen LogP contribution is 2.42. The molecular weight excluding hydrogens is 696 g/mol. The van der Waals surface area contributed by atoms with E-state index in [2.05, 4.69) is 48.4 Å². The number of aryl methyl sites for hydroxylation is 1. The van der Waals surface area contributed by atoms with Crippen molar-refractivity contribution in [3.63, 3.8) is 0 Å². The van der Waals surface area contributed by atoms with Crippen molar-refractivity contribution in [2.75, 3.05) is 39.5 Å². The Kier molecular flexibility index (Phi) is 14.4. The van der Waals surface area contributed by atoms with Gasteiger partial charge in [-0.15, -0.1) is 0 Å².